The number of aryl methyl sites for hydroxylation is 1. The monoisotopic (exact) mass is 361 g/mol. The number of hydrogen-bond acceptors (Lipinski definition) is 7. The Hall–Kier alpha value is -3.79. The van der Waals surface area contributed by atoms with E-state index in [9.17, 15) is 0 Å². The first kappa shape index (κ1) is 18.0. The van der Waals surface area contributed by atoms with E-state index in [1.807, 2.05) is 43.3 Å². The van der Waals surface area contributed by atoms with E-state index >= 15 is 0 Å². The molecule has 27 heavy (non-hydrogen) atoms. The highest BCUT2D eigenvalue weighted by Gasteiger charge is 2.09. The predicted molar refractivity (Wildman–Crippen MR) is 104 cm³/mol. The molecule has 0 aliphatic rings. The van der Waals surface area contributed by atoms with Crippen LogP contribution in [0.5, 0.6) is 11.5 Å². The Morgan fingerprint density at radius 3 is 2.56 bits per heavy atom. The minimum atomic E-state index is 0.417. The molecular formula is C20H19N5O2. The van der Waals surface area contributed by atoms with Crippen LogP contribution in [-0.4, -0.2) is 24.2 Å². The van der Waals surface area contributed by atoms with Crippen molar-refractivity contribution in [2.75, 3.05) is 24.9 Å². The van der Waals surface area contributed by atoms with Crippen molar-refractivity contribution in [1.29, 1.82) is 5.26 Å². The van der Waals surface area contributed by atoms with Crippen LogP contribution in [0, 0.1) is 18.3 Å². The van der Waals surface area contributed by atoms with Gasteiger partial charge in [-0.1, -0.05) is 6.07 Å². The smallest absolute Gasteiger partial charge is 0.229 e. The van der Waals surface area contributed by atoms with Crippen LogP contribution in [0.4, 0.5) is 23.1 Å². The van der Waals surface area contributed by atoms with Crippen LogP contribution < -0.4 is 20.1 Å². The minimum absolute atomic E-state index is 0.417. The number of anilines is 4. The van der Waals surface area contributed by atoms with E-state index in [0.717, 1.165) is 11.4 Å². The fraction of sp³-hybridized carbons (Fsp3) is 0.150. The van der Waals surface area contributed by atoms with Gasteiger partial charge in [-0.25, -0.2) is 4.98 Å². The van der Waals surface area contributed by atoms with Crippen LogP contribution in [-0.2, 0) is 0 Å². The highest BCUT2D eigenvalue weighted by atomic mass is 16.5. The van der Waals surface area contributed by atoms with Gasteiger partial charge in [-0.2, -0.15) is 10.2 Å². The summed E-state index contributed by atoms with van der Waals surface area (Å²) in [5.41, 5.74) is 2.83. The Kier molecular flexibility index (Phi) is 5.38. The SMILES string of the molecule is COc1ccc(OC)c(Nc2nc(C)cc(Nc3cccc(C#N)c3)n2)c1. The van der Waals surface area contributed by atoms with Crippen molar-refractivity contribution in [3.05, 3.63) is 59.8 Å². The summed E-state index contributed by atoms with van der Waals surface area (Å²) in [6.07, 6.45) is 0. The maximum Gasteiger partial charge on any atom is 0.229 e. The number of methoxy groups -OCH3 is 2. The van der Waals surface area contributed by atoms with E-state index in [-0.39, 0.29) is 0 Å². The van der Waals surface area contributed by atoms with Crippen molar-refractivity contribution in [2.24, 2.45) is 0 Å². The number of nitrogens with one attached hydrogen (secondary N) is 2. The van der Waals surface area contributed by atoms with Gasteiger partial charge in [-0.15, -0.1) is 0 Å². The van der Waals surface area contributed by atoms with Gasteiger partial charge in [0.15, 0.2) is 0 Å². The summed E-state index contributed by atoms with van der Waals surface area (Å²) in [6.45, 7) is 1.88. The average molecular weight is 361 g/mol. The third-order valence-electron chi connectivity index (χ3n) is 3.77. The lowest BCUT2D eigenvalue weighted by molar-refractivity contribution is 0.405. The van der Waals surface area contributed by atoms with Gasteiger partial charge in [0.1, 0.15) is 17.3 Å². The summed E-state index contributed by atoms with van der Waals surface area (Å²) in [5.74, 6) is 2.37. The number of nitrogens with zero attached hydrogens (tertiary/aromatic N) is 3. The zero-order chi connectivity index (χ0) is 19.2. The molecule has 1 aromatic heterocycles. The van der Waals surface area contributed by atoms with Gasteiger partial charge in [0.25, 0.3) is 0 Å². The number of rotatable bonds is 6. The Bertz CT molecular complexity index is 998. The second-order valence-corrected chi connectivity index (χ2v) is 5.73. The molecule has 3 aromatic rings. The Balaban J connectivity index is 1.88. The van der Waals surface area contributed by atoms with E-state index in [2.05, 4.69) is 26.7 Å². The minimum Gasteiger partial charge on any atom is -0.497 e. The average Bonchev–Trinajstić information content (AvgIpc) is 2.67. The molecular weight excluding hydrogens is 342 g/mol. The molecule has 0 bridgehead atoms. The van der Waals surface area contributed by atoms with Crippen molar-refractivity contribution < 1.29 is 9.47 Å². The molecule has 0 saturated heterocycles. The van der Waals surface area contributed by atoms with E-state index in [1.54, 1.807) is 26.4 Å². The first-order valence-corrected chi connectivity index (χ1v) is 8.23. The molecule has 136 valence electrons. The van der Waals surface area contributed by atoms with Gasteiger partial charge in [0.05, 0.1) is 31.5 Å². The predicted octanol–water partition coefficient (Wildman–Crippen LogP) is 4.16. The second-order valence-electron chi connectivity index (χ2n) is 5.73. The first-order valence-electron chi connectivity index (χ1n) is 8.23. The molecule has 3 rings (SSSR count). The van der Waals surface area contributed by atoms with Crippen LogP contribution in [0.25, 0.3) is 0 Å². The Labute approximate surface area is 157 Å². The topological polar surface area (TPSA) is 92.1 Å². The molecule has 7 heteroatoms. The van der Waals surface area contributed by atoms with Crippen molar-refractivity contribution in [3.8, 4) is 17.6 Å². The molecule has 7 nitrogen and oxygen atoms in total. The van der Waals surface area contributed by atoms with Crippen molar-refractivity contribution in [3.63, 3.8) is 0 Å². The van der Waals surface area contributed by atoms with Gasteiger partial charge in [-0.3, -0.25) is 0 Å². The fourth-order valence-electron chi connectivity index (χ4n) is 2.54. The van der Waals surface area contributed by atoms with Gasteiger partial charge in [-0.05, 0) is 37.3 Å². The molecule has 0 aliphatic heterocycles. The Morgan fingerprint density at radius 1 is 0.963 bits per heavy atom. The molecule has 0 saturated carbocycles. The van der Waals surface area contributed by atoms with E-state index < -0.39 is 0 Å². The largest absolute Gasteiger partial charge is 0.497 e. The second kappa shape index (κ2) is 8.06. The molecule has 0 radical (unpaired) electrons. The third-order valence-corrected chi connectivity index (χ3v) is 3.77. The highest BCUT2D eigenvalue weighted by molar-refractivity contribution is 5.66. The molecule has 0 amide bonds. The van der Waals surface area contributed by atoms with Crippen LogP contribution in [0.1, 0.15) is 11.3 Å². The lowest BCUT2D eigenvalue weighted by atomic mass is 10.2. The molecule has 2 N–H and O–H groups in total. The van der Waals surface area contributed by atoms with Crippen molar-refractivity contribution in [2.45, 2.75) is 6.92 Å². The summed E-state index contributed by atoms with van der Waals surface area (Å²) >= 11 is 0. The van der Waals surface area contributed by atoms with Crippen LogP contribution in [0.2, 0.25) is 0 Å². The maximum atomic E-state index is 9.04. The summed E-state index contributed by atoms with van der Waals surface area (Å²) in [5, 5.41) is 15.4. The van der Waals surface area contributed by atoms with Crippen LogP contribution >= 0.6 is 0 Å². The summed E-state index contributed by atoms with van der Waals surface area (Å²) in [7, 11) is 3.20. The zero-order valence-electron chi connectivity index (χ0n) is 15.3. The van der Waals surface area contributed by atoms with Gasteiger partial charge >= 0.3 is 0 Å². The maximum absolute atomic E-state index is 9.04. The van der Waals surface area contributed by atoms with Crippen LogP contribution in [0.15, 0.2) is 48.5 Å². The summed E-state index contributed by atoms with van der Waals surface area (Å²) in [4.78, 5) is 8.92. The Morgan fingerprint density at radius 2 is 1.81 bits per heavy atom. The first-order chi connectivity index (χ1) is 13.1. The normalized spacial score (nSPS) is 10.0. The quantitative estimate of drug-likeness (QED) is 0.681. The fourth-order valence-corrected chi connectivity index (χ4v) is 2.54. The molecule has 0 spiro atoms. The van der Waals surface area contributed by atoms with E-state index in [1.165, 1.54) is 0 Å². The van der Waals surface area contributed by atoms with E-state index in [4.69, 9.17) is 14.7 Å². The zero-order valence-corrected chi connectivity index (χ0v) is 15.3. The van der Waals surface area contributed by atoms with Crippen molar-refractivity contribution in [1.82, 2.24) is 9.97 Å². The molecule has 0 atom stereocenters. The van der Waals surface area contributed by atoms with Crippen molar-refractivity contribution >= 4 is 23.1 Å². The lowest BCUT2D eigenvalue weighted by Crippen LogP contribution is -2.03. The van der Waals surface area contributed by atoms with Gasteiger partial charge in [0, 0.05) is 23.5 Å². The number of nitriles is 1. The van der Waals surface area contributed by atoms with Gasteiger partial charge < -0.3 is 20.1 Å². The molecule has 0 fully saturated rings. The standard InChI is InChI=1S/C20H19N5O2/c1-13-9-19(23-15-6-4-5-14(10-15)12-21)25-20(22-13)24-17-11-16(26-2)7-8-18(17)27-3/h4-11H,1-3H3,(H2,22,23,24,25). The number of hydrogen-bond donors (Lipinski definition) is 2. The molecule has 0 aliphatic carbocycles. The van der Waals surface area contributed by atoms with E-state index in [0.29, 0.717) is 34.5 Å². The molecule has 0 unspecified atom stereocenters. The van der Waals surface area contributed by atoms with Gasteiger partial charge in [0.2, 0.25) is 5.95 Å². The molecule has 2 aromatic carbocycles. The van der Waals surface area contributed by atoms with Crippen LogP contribution in [0.3, 0.4) is 0 Å². The molecule has 1 heterocycles. The third kappa shape index (κ3) is 4.44. The summed E-state index contributed by atoms with van der Waals surface area (Å²) in [6, 6.07) is 16.6. The number of ether oxygens (including phenoxy) is 2. The highest BCUT2D eigenvalue weighted by Crippen LogP contribution is 2.31. The number of aromatic nitrogens is 2. The summed E-state index contributed by atoms with van der Waals surface area (Å²) < 4.78 is 10.6. The lowest BCUT2D eigenvalue weighted by Gasteiger charge is -2.13. The number of benzene rings is 2.